The molecule has 0 bridgehead atoms. The number of aryl methyl sites for hydroxylation is 1. The van der Waals surface area contributed by atoms with Crippen molar-refractivity contribution < 1.29 is 8.42 Å². The van der Waals surface area contributed by atoms with Crippen LogP contribution in [0, 0.1) is 6.92 Å². The number of nitrogens with one attached hydrogen (secondary N) is 1. The molecular weight excluding hydrogens is 316 g/mol. The molecule has 0 amide bonds. The molecule has 2 rings (SSSR count). The van der Waals surface area contributed by atoms with Crippen molar-refractivity contribution in [3.05, 3.63) is 50.9 Å². The Kier molecular flexibility index (Phi) is 5.15. The van der Waals surface area contributed by atoms with Crippen LogP contribution in [0.4, 0.5) is 0 Å². The van der Waals surface area contributed by atoms with Gasteiger partial charge in [-0.15, -0.1) is 11.3 Å². The second-order valence-corrected chi connectivity index (χ2v) is 7.57. The molecule has 1 heterocycles. The van der Waals surface area contributed by atoms with Gasteiger partial charge in [0.05, 0.1) is 17.0 Å². The van der Waals surface area contributed by atoms with Gasteiger partial charge in [-0.3, -0.25) is 0 Å². The minimum atomic E-state index is -3.32. The second kappa shape index (κ2) is 6.67. The van der Waals surface area contributed by atoms with E-state index in [1.807, 2.05) is 6.92 Å². The first-order chi connectivity index (χ1) is 9.46. The third kappa shape index (κ3) is 4.56. The molecule has 0 spiro atoms. The molecule has 4 nitrogen and oxygen atoms in total. The van der Waals surface area contributed by atoms with Gasteiger partial charge in [0.1, 0.15) is 0 Å². The maximum atomic E-state index is 11.9. The summed E-state index contributed by atoms with van der Waals surface area (Å²) in [5.41, 5.74) is 3.45. The quantitative estimate of drug-likeness (QED) is 0.886. The summed E-state index contributed by atoms with van der Waals surface area (Å²) >= 11 is 7.31. The Morgan fingerprint density at radius 1 is 1.30 bits per heavy atom. The van der Waals surface area contributed by atoms with Crippen molar-refractivity contribution in [2.75, 3.05) is 6.54 Å². The van der Waals surface area contributed by atoms with E-state index in [2.05, 4.69) is 9.71 Å². The Morgan fingerprint density at radius 3 is 2.60 bits per heavy atom. The molecule has 0 atom stereocenters. The molecule has 0 unspecified atom stereocenters. The summed E-state index contributed by atoms with van der Waals surface area (Å²) in [6.45, 7) is 2.31. The lowest BCUT2D eigenvalue weighted by Crippen LogP contribution is -2.27. The fourth-order valence-electron chi connectivity index (χ4n) is 1.74. The number of halogens is 1. The first-order valence-electron chi connectivity index (χ1n) is 6.07. The summed E-state index contributed by atoms with van der Waals surface area (Å²) in [5, 5.41) is 0.597. The summed E-state index contributed by atoms with van der Waals surface area (Å²) < 4.78 is 26.5. The lowest BCUT2D eigenvalue weighted by atomic mass is 10.2. The Balaban J connectivity index is 1.88. The topological polar surface area (TPSA) is 59.1 Å². The SMILES string of the molecule is Cc1ncsc1CCNS(=O)(=O)Cc1ccc(Cl)cc1. The monoisotopic (exact) mass is 330 g/mol. The van der Waals surface area contributed by atoms with Gasteiger partial charge in [0.15, 0.2) is 0 Å². The number of benzene rings is 1. The van der Waals surface area contributed by atoms with E-state index >= 15 is 0 Å². The van der Waals surface area contributed by atoms with E-state index in [4.69, 9.17) is 11.6 Å². The molecule has 20 heavy (non-hydrogen) atoms. The highest BCUT2D eigenvalue weighted by atomic mass is 35.5. The van der Waals surface area contributed by atoms with Crippen LogP contribution in [0.3, 0.4) is 0 Å². The van der Waals surface area contributed by atoms with E-state index in [0.29, 0.717) is 18.0 Å². The maximum absolute atomic E-state index is 11.9. The number of hydrogen-bond acceptors (Lipinski definition) is 4. The predicted molar refractivity (Wildman–Crippen MR) is 82.6 cm³/mol. The highest BCUT2D eigenvalue weighted by Gasteiger charge is 2.11. The Hall–Kier alpha value is -0.950. The molecule has 0 fully saturated rings. The van der Waals surface area contributed by atoms with E-state index in [9.17, 15) is 8.42 Å². The van der Waals surface area contributed by atoms with E-state index in [0.717, 1.165) is 16.1 Å². The van der Waals surface area contributed by atoms with Gasteiger partial charge in [0, 0.05) is 16.4 Å². The summed E-state index contributed by atoms with van der Waals surface area (Å²) in [4.78, 5) is 5.25. The zero-order valence-electron chi connectivity index (χ0n) is 11.0. The molecule has 0 aliphatic heterocycles. The molecule has 1 aromatic carbocycles. The standard InChI is InChI=1S/C13H15ClN2O2S2/c1-10-13(19-9-15-10)6-7-16-20(17,18)8-11-2-4-12(14)5-3-11/h2-5,9,16H,6-8H2,1H3. The number of thiazole rings is 1. The van der Waals surface area contributed by atoms with Crippen molar-refractivity contribution >= 4 is 33.0 Å². The molecule has 1 aromatic heterocycles. The minimum absolute atomic E-state index is 0.0359. The number of rotatable bonds is 6. The van der Waals surface area contributed by atoms with Gasteiger partial charge in [-0.25, -0.2) is 18.1 Å². The molecule has 2 aromatic rings. The van der Waals surface area contributed by atoms with Crippen LogP contribution in [-0.4, -0.2) is 19.9 Å². The average molecular weight is 331 g/mol. The molecule has 0 saturated carbocycles. The number of nitrogens with zero attached hydrogens (tertiary/aromatic N) is 1. The number of sulfonamides is 1. The third-order valence-corrected chi connectivity index (χ3v) is 5.39. The maximum Gasteiger partial charge on any atom is 0.215 e. The zero-order valence-corrected chi connectivity index (χ0v) is 13.4. The van der Waals surface area contributed by atoms with Crippen LogP contribution in [0.25, 0.3) is 0 Å². The summed E-state index contributed by atoms with van der Waals surface area (Å²) in [6, 6.07) is 6.81. The first-order valence-corrected chi connectivity index (χ1v) is 8.98. The lowest BCUT2D eigenvalue weighted by Gasteiger charge is -2.06. The Bertz CT molecular complexity index is 666. The van der Waals surface area contributed by atoms with Gasteiger partial charge in [0.25, 0.3) is 0 Å². The van der Waals surface area contributed by atoms with Gasteiger partial charge in [-0.05, 0) is 31.0 Å². The van der Waals surface area contributed by atoms with Crippen molar-refractivity contribution in [2.24, 2.45) is 0 Å². The molecule has 1 N–H and O–H groups in total. The Labute approximate surface area is 127 Å². The smallest absolute Gasteiger partial charge is 0.215 e. The van der Waals surface area contributed by atoms with Gasteiger partial charge >= 0.3 is 0 Å². The number of aromatic nitrogens is 1. The molecule has 0 saturated heterocycles. The highest BCUT2D eigenvalue weighted by molar-refractivity contribution is 7.88. The van der Waals surface area contributed by atoms with E-state index in [-0.39, 0.29) is 5.75 Å². The van der Waals surface area contributed by atoms with Crippen molar-refractivity contribution in [1.29, 1.82) is 0 Å². The molecule has 108 valence electrons. The lowest BCUT2D eigenvalue weighted by molar-refractivity contribution is 0.581. The molecule has 7 heteroatoms. The fraction of sp³-hybridized carbons (Fsp3) is 0.308. The van der Waals surface area contributed by atoms with Gasteiger partial charge in [-0.1, -0.05) is 23.7 Å². The second-order valence-electron chi connectivity index (χ2n) is 4.39. The van der Waals surface area contributed by atoms with Crippen LogP contribution in [0.2, 0.25) is 5.02 Å². The average Bonchev–Trinajstić information content (AvgIpc) is 2.78. The van der Waals surface area contributed by atoms with Crippen LogP contribution in [0.1, 0.15) is 16.1 Å². The van der Waals surface area contributed by atoms with Crippen molar-refractivity contribution in [3.63, 3.8) is 0 Å². The molecular formula is C13H15ClN2O2S2. The fourth-order valence-corrected chi connectivity index (χ4v) is 3.79. The Morgan fingerprint density at radius 2 is 2.00 bits per heavy atom. The molecule has 0 radical (unpaired) electrons. The summed E-state index contributed by atoms with van der Waals surface area (Å²) in [5.74, 6) is -0.0359. The molecule has 0 aliphatic carbocycles. The van der Waals surface area contributed by atoms with E-state index in [1.54, 1.807) is 41.1 Å². The molecule has 0 aliphatic rings. The summed E-state index contributed by atoms with van der Waals surface area (Å²) in [7, 11) is -3.32. The van der Waals surface area contributed by atoms with Gasteiger partial charge < -0.3 is 0 Å². The van der Waals surface area contributed by atoms with Crippen LogP contribution >= 0.6 is 22.9 Å². The van der Waals surface area contributed by atoms with Gasteiger partial charge in [0.2, 0.25) is 10.0 Å². The first kappa shape index (κ1) is 15.4. The van der Waals surface area contributed by atoms with E-state index in [1.165, 1.54) is 0 Å². The largest absolute Gasteiger partial charge is 0.250 e. The third-order valence-electron chi connectivity index (χ3n) is 2.79. The van der Waals surface area contributed by atoms with Crippen LogP contribution in [-0.2, 0) is 22.2 Å². The summed E-state index contributed by atoms with van der Waals surface area (Å²) in [6.07, 6.45) is 0.663. The van der Waals surface area contributed by atoms with Crippen molar-refractivity contribution in [1.82, 2.24) is 9.71 Å². The van der Waals surface area contributed by atoms with Crippen LogP contribution in [0.15, 0.2) is 29.8 Å². The van der Waals surface area contributed by atoms with Crippen LogP contribution < -0.4 is 4.72 Å². The van der Waals surface area contributed by atoms with Crippen molar-refractivity contribution in [2.45, 2.75) is 19.1 Å². The number of hydrogen-bond donors (Lipinski definition) is 1. The highest BCUT2D eigenvalue weighted by Crippen LogP contribution is 2.13. The van der Waals surface area contributed by atoms with E-state index < -0.39 is 10.0 Å². The van der Waals surface area contributed by atoms with Gasteiger partial charge in [-0.2, -0.15) is 0 Å². The van der Waals surface area contributed by atoms with Crippen LogP contribution in [0.5, 0.6) is 0 Å². The zero-order chi connectivity index (χ0) is 14.6. The normalized spacial score (nSPS) is 11.7. The predicted octanol–water partition coefficient (Wildman–Crippen LogP) is 2.77. The minimum Gasteiger partial charge on any atom is -0.250 e. The van der Waals surface area contributed by atoms with Crippen molar-refractivity contribution in [3.8, 4) is 0 Å².